The van der Waals surface area contributed by atoms with Crippen LogP contribution in [-0.4, -0.2) is 37.4 Å². The third kappa shape index (κ3) is 3.37. The number of nitrogens with one attached hydrogen (secondary N) is 2. The van der Waals surface area contributed by atoms with Gasteiger partial charge in [-0.15, -0.1) is 12.4 Å². The second-order valence-electron chi connectivity index (χ2n) is 2.37. The van der Waals surface area contributed by atoms with Crippen LogP contribution in [0.2, 0.25) is 0 Å². The minimum absolute atomic E-state index is 0. The molecule has 3 nitrogen and oxygen atoms in total. The topological polar surface area (TPSA) is 44.3 Å². The molecule has 1 fully saturated rings. The molecule has 4 heteroatoms. The maximum absolute atomic E-state index is 8.55. The van der Waals surface area contributed by atoms with Crippen LogP contribution in [0.3, 0.4) is 0 Å². The quantitative estimate of drug-likeness (QED) is 0.511. The molecule has 0 bridgehead atoms. The lowest BCUT2D eigenvalue weighted by Crippen LogP contribution is -2.48. The van der Waals surface area contributed by atoms with Crippen LogP contribution in [-0.2, 0) is 0 Å². The first-order chi connectivity index (χ1) is 4.43. The summed E-state index contributed by atoms with van der Waals surface area (Å²) >= 11 is 0. The van der Waals surface area contributed by atoms with Gasteiger partial charge in [0, 0.05) is 32.3 Å². The number of aliphatic hydroxyl groups is 1. The van der Waals surface area contributed by atoms with Gasteiger partial charge in [-0.05, 0) is 6.42 Å². The van der Waals surface area contributed by atoms with E-state index in [1.807, 2.05) is 0 Å². The Labute approximate surface area is 67.6 Å². The molecule has 0 amide bonds. The van der Waals surface area contributed by atoms with Crippen molar-refractivity contribution in [3.05, 3.63) is 0 Å². The molecule has 1 atom stereocenters. The first kappa shape index (κ1) is 10.2. The normalized spacial score (nSPS) is 25.5. The summed E-state index contributed by atoms with van der Waals surface area (Å²) in [6, 6.07) is 0.490. The number of piperazine rings is 1. The van der Waals surface area contributed by atoms with Crippen molar-refractivity contribution in [2.24, 2.45) is 0 Å². The standard InChI is InChI=1S/C6H14N2O.ClH/c9-4-1-6-5-7-2-3-8-6;/h6-9H,1-5H2;1H/t6-;/m1./s1. The Hall–Kier alpha value is 0.170. The van der Waals surface area contributed by atoms with Gasteiger partial charge in [-0.2, -0.15) is 0 Å². The van der Waals surface area contributed by atoms with E-state index >= 15 is 0 Å². The van der Waals surface area contributed by atoms with Crippen LogP contribution in [0.4, 0.5) is 0 Å². The van der Waals surface area contributed by atoms with Gasteiger partial charge in [0.1, 0.15) is 0 Å². The van der Waals surface area contributed by atoms with E-state index in [-0.39, 0.29) is 12.4 Å². The van der Waals surface area contributed by atoms with E-state index in [4.69, 9.17) is 5.11 Å². The van der Waals surface area contributed by atoms with Crippen molar-refractivity contribution in [2.45, 2.75) is 12.5 Å². The van der Waals surface area contributed by atoms with Gasteiger partial charge in [-0.3, -0.25) is 0 Å². The molecule has 0 aromatic rings. The van der Waals surface area contributed by atoms with Crippen molar-refractivity contribution in [3.8, 4) is 0 Å². The Balaban J connectivity index is 0.000000810. The summed E-state index contributed by atoms with van der Waals surface area (Å²) in [5, 5.41) is 15.1. The molecule has 0 spiro atoms. The highest BCUT2D eigenvalue weighted by molar-refractivity contribution is 5.85. The van der Waals surface area contributed by atoms with Gasteiger partial charge in [0.05, 0.1) is 0 Å². The lowest BCUT2D eigenvalue weighted by Gasteiger charge is -2.23. The fourth-order valence-corrected chi connectivity index (χ4v) is 1.07. The van der Waals surface area contributed by atoms with Gasteiger partial charge in [-0.1, -0.05) is 0 Å². The van der Waals surface area contributed by atoms with Gasteiger partial charge in [0.15, 0.2) is 0 Å². The molecule has 0 unspecified atom stereocenters. The van der Waals surface area contributed by atoms with Gasteiger partial charge < -0.3 is 15.7 Å². The predicted molar refractivity (Wildman–Crippen MR) is 43.6 cm³/mol. The molecule has 1 heterocycles. The van der Waals surface area contributed by atoms with Crippen LogP contribution in [0.1, 0.15) is 6.42 Å². The van der Waals surface area contributed by atoms with E-state index in [2.05, 4.69) is 10.6 Å². The van der Waals surface area contributed by atoms with Crippen LogP contribution >= 0.6 is 12.4 Å². The highest BCUT2D eigenvalue weighted by Crippen LogP contribution is 1.91. The van der Waals surface area contributed by atoms with Crippen molar-refractivity contribution >= 4 is 12.4 Å². The molecule has 0 saturated carbocycles. The highest BCUT2D eigenvalue weighted by Gasteiger charge is 2.09. The Morgan fingerprint density at radius 2 is 2.20 bits per heavy atom. The Kier molecular flexibility index (Phi) is 6.02. The third-order valence-corrected chi connectivity index (χ3v) is 1.60. The first-order valence-corrected chi connectivity index (χ1v) is 3.48. The minimum Gasteiger partial charge on any atom is -0.396 e. The van der Waals surface area contributed by atoms with Crippen molar-refractivity contribution in [1.29, 1.82) is 0 Å². The van der Waals surface area contributed by atoms with Crippen LogP contribution in [0.5, 0.6) is 0 Å². The maximum atomic E-state index is 8.55. The first-order valence-electron chi connectivity index (χ1n) is 3.48. The van der Waals surface area contributed by atoms with E-state index < -0.39 is 0 Å². The molecule has 1 rings (SSSR count). The van der Waals surface area contributed by atoms with Crippen LogP contribution in [0.25, 0.3) is 0 Å². The minimum atomic E-state index is 0. The molecule has 10 heavy (non-hydrogen) atoms. The molecule has 0 aromatic carbocycles. The molecule has 0 aromatic heterocycles. The Morgan fingerprint density at radius 3 is 2.70 bits per heavy atom. The summed E-state index contributed by atoms with van der Waals surface area (Å²) in [6.45, 7) is 3.38. The summed E-state index contributed by atoms with van der Waals surface area (Å²) in [4.78, 5) is 0. The maximum Gasteiger partial charge on any atom is 0.0446 e. The van der Waals surface area contributed by atoms with Crippen LogP contribution < -0.4 is 10.6 Å². The third-order valence-electron chi connectivity index (χ3n) is 1.60. The predicted octanol–water partition coefficient (Wildman–Crippen LogP) is -0.648. The molecular formula is C6H15ClN2O. The summed E-state index contributed by atoms with van der Waals surface area (Å²) in [5.74, 6) is 0. The average Bonchev–Trinajstić information content (AvgIpc) is 1.91. The molecule has 0 aliphatic carbocycles. The van der Waals surface area contributed by atoms with Crippen molar-refractivity contribution in [2.75, 3.05) is 26.2 Å². The second-order valence-corrected chi connectivity index (χ2v) is 2.37. The van der Waals surface area contributed by atoms with E-state index in [1.54, 1.807) is 0 Å². The van der Waals surface area contributed by atoms with E-state index in [0.29, 0.717) is 12.6 Å². The van der Waals surface area contributed by atoms with Gasteiger partial charge in [0.25, 0.3) is 0 Å². The smallest absolute Gasteiger partial charge is 0.0446 e. The Morgan fingerprint density at radius 1 is 1.40 bits per heavy atom. The monoisotopic (exact) mass is 166 g/mol. The zero-order valence-corrected chi connectivity index (χ0v) is 6.78. The Bertz CT molecular complexity index is 73.4. The summed E-state index contributed by atoms with van der Waals surface area (Å²) in [5.41, 5.74) is 0. The lowest BCUT2D eigenvalue weighted by molar-refractivity contribution is 0.255. The highest BCUT2D eigenvalue weighted by atomic mass is 35.5. The summed E-state index contributed by atoms with van der Waals surface area (Å²) < 4.78 is 0. The zero-order valence-electron chi connectivity index (χ0n) is 5.97. The molecule has 1 saturated heterocycles. The van der Waals surface area contributed by atoms with E-state index in [9.17, 15) is 0 Å². The van der Waals surface area contributed by atoms with Gasteiger partial charge in [0.2, 0.25) is 0 Å². The van der Waals surface area contributed by atoms with Crippen molar-refractivity contribution in [3.63, 3.8) is 0 Å². The molecule has 0 radical (unpaired) electrons. The molecule has 3 N–H and O–H groups in total. The summed E-state index contributed by atoms with van der Waals surface area (Å²) in [6.07, 6.45) is 0.868. The largest absolute Gasteiger partial charge is 0.396 e. The van der Waals surface area contributed by atoms with E-state index in [0.717, 1.165) is 26.1 Å². The van der Waals surface area contributed by atoms with Crippen LogP contribution in [0, 0.1) is 0 Å². The van der Waals surface area contributed by atoms with Crippen LogP contribution in [0.15, 0.2) is 0 Å². The molecule has 62 valence electrons. The fourth-order valence-electron chi connectivity index (χ4n) is 1.07. The van der Waals surface area contributed by atoms with Gasteiger partial charge >= 0.3 is 0 Å². The molecule has 1 aliphatic rings. The number of rotatable bonds is 2. The average molecular weight is 167 g/mol. The molecular weight excluding hydrogens is 152 g/mol. The molecule has 1 aliphatic heterocycles. The van der Waals surface area contributed by atoms with Crippen molar-refractivity contribution < 1.29 is 5.11 Å². The van der Waals surface area contributed by atoms with Gasteiger partial charge in [-0.25, -0.2) is 0 Å². The van der Waals surface area contributed by atoms with Crippen molar-refractivity contribution in [1.82, 2.24) is 10.6 Å². The number of halogens is 1. The SMILES string of the molecule is Cl.OCC[C@@H]1CNCCN1. The summed E-state index contributed by atoms with van der Waals surface area (Å²) in [7, 11) is 0. The lowest BCUT2D eigenvalue weighted by atomic mass is 10.2. The number of hydrogen-bond donors (Lipinski definition) is 3. The number of hydrogen-bond acceptors (Lipinski definition) is 3. The number of aliphatic hydroxyl groups excluding tert-OH is 1. The fraction of sp³-hybridized carbons (Fsp3) is 1.00. The zero-order chi connectivity index (χ0) is 6.53. The second kappa shape index (κ2) is 5.92. The van der Waals surface area contributed by atoms with E-state index in [1.165, 1.54) is 0 Å².